The van der Waals surface area contributed by atoms with Gasteiger partial charge in [0.15, 0.2) is 11.6 Å². The molecule has 17 nitrogen and oxygen atoms in total. The number of rotatable bonds is 20. The quantitative estimate of drug-likeness (QED) is 0.0568. The van der Waals surface area contributed by atoms with Crippen LogP contribution in [0.25, 0.3) is 44.3 Å². The highest BCUT2D eigenvalue weighted by Crippen LogP contribution is 2.37. The summed E-state index contributed by atoms with van der Waals surface area (Å²) < 4.78 is 0.887. The maximum atomic E-state index is 13.5. The fourth-order valence-corrected chi connectivity index (χ4v) is 15.3. The molecule has 14 rings (SSSR count). The number of carbonyl (C=O) groups is 8. The highest BCUT2D eigenvalue weighted by molar-refractivity contribution is 9.10. The van der Waals surface area contributed by atoms with E-state index in [0.29, 0.717) is 80.9 Å². The van der Waals surface area contributed by atoms with Gasteiger partial charge in [-0.2, -0.15) is 5.26 Å². The standard InChI is InChI=1S/C42H39N5O4.C41H39BrN4O4/c43-27-34-33-23-30(24-38(48)36-13-7-21-46(36)39(49)25-28-9-3-1-4-10-28)15-20-35(33)45-41(34)31-16-18-32(19-17-31)44-42(51)37-14-8-22-47(37)40(50)26-29-11-5-2-6-12-29;42-39-32-23-29(24-36(47)34-13-7-21-45(34)37(48)25-27-9-3-1-4-10-27)15-20-33(32)44-40(39)30-16-18-31(19-17-30)43-41(50)35-14-8-22-46(35)38(49)26-28-11-5-2-6-12-28/h1-6,9-12,15-20,23,36-37,45H,7-8,13-14,21-22,24-26H2,(H,44,51);1-6,9-12,15-20,23,34-35,44H,7-8,13-14,21-22,24-26H2,(H,43,50)/t36-,37-;34-,35-/m00/s1. The van der Waals surface area contributed by atoms with Gasteiger partial charge in [-0.15, -0.1) is 0 Å². The number of likely N-dealkylation sites (tertiary alicyclic amines) is 4. The summed E-state index contributed by atoms with van der Waals surface area (Å²) >= 11 is 3.79. The largest absolute Gasteiger partial charge is 0.354 e. The van der Waals surface area contributed by atoms with E-state index in [1.807, 2.05) is 194 Å². The Morgan fingerprint density at radius 1 is 0.386 bits per heavy atom. The van der Waals surface area contributed by atoms with Crippen LogP contribution in [0.2, 0.25) is 0 Å². The van der Waals surface area contributed by atoms with Gasteiger partial charge in [-0.1, -0.05) is 158 Å². The molecule has 4 saturated heterocycles. The number of H-pyrrole nitrogens is 2. The Hall–Kier alpha value is -11.0. The molecule has 0 aliphatic carbocycles. The molecule has 18 heteroatoms. The van der Waals surface area contributed by atoms with Crippen molar-refractivity contribution < 1.29 is 38.4 Å². The minimum atomic E-state index is -0.521. The van der Waals surface area contributed by atoms with Gasteiger partial charge in [0.05, 0.1) is 59.2 Å². The number of nitrogens with zero attached hydrogens (tertiary/aromatic N) is 5. The van der Waals surface area contributed by atoms with Crippen LogP contribution in [0.1, 0.15) is 90.3 Å². The number of ketones is 2. The SMILES string of the molecule is N#Cc1c(-c2ccc(NC(=O)[C@@H]3CCCN3C(=O)Cc3ccccc3)cc2)[nH]c2ccc(CC(=O)[C@@H]3CCCN3C(=O)Cc3ccccc3)cc12.O=C(Cc1ccc2[nH]c(-c3ccc(NC(=O)[C@@H]4CCCN4C(=O)Cc4ccccc4)cc3)c(Br)c2c1)[C@@H]1CCCN1C(=O)Cc1ccccc1. The van der Waals surface area contributed by atoms with Gasteiger partial charge in [0.25, 0.3) is 0 Å². The van der Waals surface area contributed by atoms with Crippen molar-refractivity contribution in [2.45, 2.75) is 114 Å². The lowest BCUT2D eigenvalue weighted by Crippen LogP contribution is -2.43. The zero-order chi connectivity index (χ0) is 69.9. The Morgan fingerprint density at radius 3 is 1.09 bits per heavy atom. The fraction of sp³-hybridized carbons (Fsp3) is 0.265. The van der Waals surface area contributed by atoms with E-state index in [0.717, 1.165) is 102 Å². The fourth-order valence-electron chi connectivity index (χ4n) is 14.7. The first-order chi connectivity index (χ1) is 49.2. The van der Waals surface area contributed by atoms with Crippen LogP contribution in [-0.2, 0) is 76.9 Å². The summed E-state index contributed by atoms with van der Waals surface area (Å²) in [6, 6.07) is 65.5. The molecule has 4 aliphatic rings. The summed E-state index contributed by atoms with van der Waals surface area (Å²) in [5, 5.41) is 17.9. The number of amides is 6. The molecule has 2 aromatic heterocycles. The van der Waals surface area contributed by atoms with Crippen LogP contribution < -0.4 is 10.6 Å². The van der Waals surface area contributed by atoms with Crippen LogP contribution in [0.4, 0.5) is 11.4 Å². The molecule has 4 aliphatic heterocycles. The van der Waals surface area contributed by atoms with Crippen molar-refractivity contribution in [2.24, 2.45) is 0 Å². The number of aromatic amines is 2. The zero-order valence-corrected chi connectivity index (χ0v) is 57.6. The number of hydrogen-bond donors (Lipinski definition) is 4. The van der Waals surface area contributed by atoms with E-state index in [1.165, 1.54) is 0 Å². The average Bonchev–Trinajstić information content (AvgIpc) is 1.64. The van der Waals surface area contributed by atoms with Gasteiger partial charge >= 0.3 is 0 Å². The molecule has 0 unspecified atom stereocenters. The van der Waals surface area contributed by atoms with Crippen molar-refractivity contribution in [3.05, 3.63) is 250 Å². The first-order valence-corrected chi connectivity index (χ1v) is 35.6. The Morgan fingerprint density at radius 2 is 0.713 bits per heavy atom. The minimum Gasteiger partial charge on any atom is -0.354 e. The minimum absolute atomic E-state index is 0.000513. The molecule has 4 atom stereocenters. The van der Waals surface area contributed by atoms with Crippen LogP contribution in [0.15, 0.2) is 211 Å². The van der Waals surface area contributed by atoms with E-state index in [-0.39, 0.29) is 79.1 Å². The Balaban J connectivity index is 0.000000181. The molecule has 6 amide bonds. The molecule has 0 radical (unpaired) electrons. The molecular formula is C83H78BrN9O8. The predicted octanol–water partition coefficient (Wildman–Crippen LogP) is 13.3. The summed E-state index contributed by atoms with van der Waals surface area (Å²) in [6.07, 6.45) is 7.37. The average molecular weight is 1410 g/mol. The molecule has 4 fully saturated rings. The van der Waals surface area contributed by atoms with E-state index >= 15 is 0 Å². The number of hydrogen-bond acceptors (Lipinski definition) is 9. The van der Waals surface area contributed by atoms with E-state index in [9.17, 15) is 43.6 Å². The maximum absolute atomic E-state index is 13.5. The summed E-state index contributed by atoms with van der Waals surface area (Å²) in [4.78, 5) is 120. The van der Waals surface area contributed by atoms with Crippen LogP contribution in [-0.4, -0.2) is 127 Å². The maximum Gasteiger partial charge on any atom is 0.247 e. The lowest BCUT2D eigenvalue weighted by Gasteiger charge is -2.24. The van der Waals surface area contributed by atoms with Crippen LogP contribution >= 0.6 is 15.9 Å². The number of nitrogens with one attached hydrogen (secondary N) is 4. The smallest absolute Gasteiger partial charge is 0.247 e. The second-order valence-electron chi connectivity index (χ2n) is 26.6. The van der Waals surface area contributed by atoms with Crippen molar-refractivity contribution in [1.82, 2.24) is 29.6 Å². The summed E-state index contributed by atoms with van der Waals surface area (Å²) in [6.45, 7) is 2.34. The molecule has 4 N–H and O–H groups in total. The number of halogens is 1. The van der Waals surface area contributed by atoms with Gasteiger partial charge in [-0.05, 0) is 160 Å². The normalized spacial score (nSPS) is 17.1. The van der Waals surface area contributed by atoms with Crippen molar-refractivity contribution in [3.8, 4) is 28.6 Å². The molecule has 6 heterocycles. The van der Waals surface area contributed by atoms with Gasteiger partial charge in [0, 0.05) is 72.2 Å². The summed E-state index contributed by atoms with van der Waals surface area (Å²) in [5.74, 6) is -0.445. The third-order valence-electron chi connectivity index (χ3n) is 19.8. The van der Waals surface area contributed by atoms with Crippen LogP contribution in [0.3, 0.4) is 0 Å². The highest BCUT2D eigenvalue weighted by atomic mass is 79.9. The van der Waals surface area contributed by atoms with Crippen molar-refractivity contribution in [3.63, 3.8) is 0 Å². The predicted molar refractivity (Wildman–Crippen MR) is 394 cm³/mol. The molecule has 0 saturated carbocycles. The second-order valence-corrected chi connectivity index (χ2v) is 27.4. The Bertz CT molecular complexity index is 4750. The number of nitriles is 1. The third kappa shape index (κ3) is 16.0. The molecular weight excluding hydrogens is 1330 g/mol. The summed E-state index contributed by atoms with van der Waals surface area (Å²) in [7, 11) is 0. The first-order valence-electron chi connectivity index (χ1n) is 34.8. The third-order valence-corrected chi connectivity index (χ3v) is 20.7. The molecule has 510 valence electrons. The van der Waals surface area contributed by atoms with Crippen molar-refractivity contribution >= 4 is 96.1 Å². The number of carbonyl (C=O) groups excluding carboxylic acids is 8. The Labute approximate surface area is 595 Å². The van der Waals surface area contributed by atoms with Gasteiger partial charge in [-0.3, -0.25) is 38.4 Å². The topological polar surface area (TPSA) is 229 Å². The number of Topliss-reactive ketones (excluding diaryl/α,β-unsaturated/α-hetero) is 2. The van der Waals surface area contributed by atoms with Gasteiger partial charge in [0.2, 0.25) is 35.4 Å². The van der Waals surface area contributed by atoms with E-state index in [4.69, 9.17) is 0 Å². The zero-order valence-electron chi connectivity index (χ0n) is 56.0. The number of benzene rings is 8. The molecule has 101 heavy (non-hydrogen) atoms. The molecule has 8 aromatic carbocycles. The lowest BCUT2D eigenvalue weighted by molar-refractivity contribution is -0.136. The lowest BCUT2D eigenvalue weighted by atomic mass is 9.99. The second kappa shape index (κ2) is 31.4. The molecule has 10 aromatic rings. The van der Waals surface area contributed by atoms with E-state index < -0.39 is 24.2 Å². The Kier molecular flexibility index (Phi) is 21.3. The van der Waals surface area contributed by atoms with Gasteiger partial charge in [-0.25, -0.2) is 0 Å². The highest BCUT2D eigenvalue weighted by Gasteiger charge is 2.38. The van der Waals surface area contributed by atoms with E-state index in [2.05, 4.69) is 42.6 Å². The molecule has 0 bridgehead atoms. The van der Waals surface area contributed by atoms with Gasteiger partial charge in [0.1, 0.15) is 18.2 Å². The van der Waals surface area contributed by atoms with Crippen molar-refractivity contribution in [1.29, 1.82) is 5.26 Å². The monoisotopic (exact) mass is 1410 g/mol. The summed E-state index contributed by atoms with van der Waals surface area (Å²) in [5.41, 5.74) is 12.1. The van der Waals surface area contributed by atoms with E-state index in [1.54, 1.807) is 31.7 Å². The number of aromatic nitrogens is 2. The van der Waals surface area contributed by atoms with Gasteiger partial charge < -0.3 is 40.2 Å². The molecule has 0 spiro atoms. The van der Waals surface area contributed by atoms with Crippen molar-refractivity contribution in [2.75, 3.05) is 36.8 Å². The number of fused-ring (bicyclic) bond motifs is 2. The van der Waals surface area contributed by atoms with Crippen LogP contribution in [0.5, 0.6) is 0 Å². The first kappa shape index (κ1) is 68.5. The van der Waals surface area contributed by atoms with Crippen LogP contribution in [0, 0.1) is 11.3 Å². The number of anilines is 2.